The third-order valence-electron chi connectivity index (χ3n) is 5.73. The van der Waals surface area contributed by atoms with Gasteiger partial charge < -0.3 is 15.0 Å². The average molecular weight is 486 g/mol. The number of guanidine groups is 1. The Labute approximate surface area is 181 Å². The lowest BCUT2D eigenvalue weighted by Gasteiger charge is -2.48. The molecule has 1 aromatic carbocycles. The van der Waals surface area contributed by atoms with E-state index in [1.54, 1.807) is 7.11 Å². The molecule has 6 heteroatoms. The number of aliphatic imine (C=N–C) groups is 1. The Morgan fingerprint density at radius 3 is 2.78 bits per heavy atom. The molecule has 1 N–H and O–H groups in total. The number of piperidine rings is 2. The number of nitrogens with one attached hydrogen (secondary N) is 1. The monoisotopic (exact) mass is 486 g/mol. The second-order valence-corrected chi connectivity index (χ2v) is 7.48. The Bertz CT molecular complexity index is 569. The molecule has 0 aliphatic carbocycles. The minimum Gasteiger partial charge on any atom is -0.385 e. The Hall–Kier alpha value is -0.860. The highest BCUT2D eigenvalue weighted by molar-refractivity contribution is 14.0. The maximum Gasteiger partial charge on any atom is 0.193 e. The van der Waals surface area contributed by atoms with Crippen molar-refractivity contribution in [2.24, 2.45) is 10.9 Å². The predicted molar refractivity (Wildman–Crippen MR) is 123 cm³/mol. The van der Waals surface area contributed by atoms with Gasteiger partial charge in [0, 0.05) is 53.0 Å². The van der Waals surface area contributed by atoms with Gasteiger partial charge in [-0.1, -0.05) is 30.3 Å². The first kappa shape index (κ1) is 22.4. The fourth-order valence-electron chi connectivity index (χ4n) is 4.46. The Morgan fingerprint density at radius 2 is 2.04 bits per heavy atom. The Morgan fingerprint density at radius 1 is 1.22 bits per heavy atom. The number of nitrogens with zero attached hydrogens (tertiary/aromatic N) is 3. The summed E-state index contributed by atoms with van der Waals surface area (Å²) in [4.78, 5) is 9.69. The molecule has 152 valence electrons. The second kappa shape index (κ2) is 11.9. The summed E-state index contributed by atoms with van der Waals surface area (Å²) in [5.41, 5.74) is 1.44. The van der Waals surface area contributed by atoms with Crippen LogP contribution in [-0.2, 0) is 11.3 Å². The molecule has 1 aromatic rings. The summed E-state index contributed by atoms with van der Waals surface area (Å²) >= 11 is 0. The van der Waals surface area contributed by atoms with Crippen LogP contribution in [0.2, 0.25) is 0 Å². The van der Waals surface area contributed by atoms with E-state index in [-0.39, 0.29) is 24.0 Å². The van der Waals surface area contributed by atoms with E-state index in [9.17, 15) is 0 Å². The van der Waals surface area contributed by atoms with Crippen molar-refractivity contribution >= 4 is 29.9 Å². The fraction of sp³-hybridized carbons (Fsp3) is 0.667. The summed E-state index contributed by atoms with van der Waals surface area (Å²) < 4.78 is 5.14. The Kier molecular flexibility index (Phi) is 9.86. The van der Waals surface area contributed by atoms with Crippen molar-refractivity contribution in [3.05, 3.63) is 35.9 Å². The number of rotatable bonds is 6. The lowest BCUT2D eigenvalue weighted by Crippen LogP contribution is -2.56. The number of ether oxygens (including phenoxy) is 1. The molecule has 3 rings (SSSR count). The third-order valence-corrected chi connectivity index (χ3v) is 5.73. The van der Waals surface area contributed by atoms with Gasteiger partial charge in [0.05, 0.1) is 0 Å². The quantitative estimate of drug-likeness (QED) is 0.290. The van der Waals surface area contributed by atoms with Gasteiger partial charge in [-0.3, -0.25) is 9.89 Å². The standard InChI is InChI=1S/C21H34N4O.HI/c1-22-21(23-12-7-15-26-2)25-14-11-20-19(17-25)10-6-13-24(20)16-18-8-4-3-5-9-18;/h3-5,8-9,19-20H,6-7,10-17H2,1-2H3,(H,22,23);1H. The van der Waals surface area contributed by atoms with Crippen molar-refractivity contribution in [2.75, 3.05) is 46.9 Å². The number of fused-ring (bicyclic) bond motifs is 1. The van der Waals surface area contributed by atoms with E-state index in [0.29, 0.717) is 6.04 Å². The smallest absolute Gasteiger partial charge is 0.193 e. The van der Waals surface area contributed by atoms with E-state index in [4.69, 9.17) is 4.74 Å². The summed E-state index contributed by atoms with van der Waals surface area (Å²) in [6.45, 7) is 6.26. The highest BCUT2D eigenvalue weighted by Crippen LogP contribution is 2.31. The van der Waals surface area contributed by atoms with E-state index in [0.717, 1.165) is 51.1 Å². The zero-order chi connectivity index (χ0) is 18.2. The molecule has 27 heavy (non-hydrogen) atoms. The van der Waals surface area contributed by atoms with Crippen LogP contribution >= 0.6 is 24.0 Å². The molecule has 0 bridgehead atoms. The average Bonchev–Trinajstić information content (AvgIpc) is 2.69. The van der Waals surface area contributed by atoms with Crippen LogP contribution < -0.4 is 5.32 Å². The van der Waals surface area contributed by atoms with Crippen LogP contribution in [0, 0.1) is 5.92 Å². The third kappa shape index (κ3) is 6.32. The first-order valence-corrected chi connectivity index (χ1v) is 10.0. The Balaban J connectivity index is 0.00000261. The minimum atomic E-state index is 0. The van der Waals surface area contributed by atoms with Crippen molar-refractivity contribution in [1.29, 1.82) is 0 Å². The molecule has 0 spiro atoms. The SMILES string of the molecule is CN=C(NCCCOC)N1CCC2C(CCCN2Cc2ccccc2)C1.I. The van der Waals surface area contributed by atoms with Gasteiger partial charge in [-0.05, 0) is 43.7 Å². The second-order valence-electron chi connectivity index (χ2n) is 7.48. The van der Waals surface area contributed by atoms with Crippen molar-refractivity contribution in [3.8, 4) is 0 Å². The lowest BCUT2D eigenvalue weighted by atomic mass is 9.83. The van der Waals surface area contributed by atoms with Crippen molar-refractivity contribution < 1.29 is 4.74 Å². The molecule has 0 amide bonds. The molecule has 2 aliphatic heterocycles. The largest absolute Gasteiger partial charge is 0.385 e. The predicted octanol–water partition coefficient (Wildman–Crippen LogP) is 3.20. The molecule has 2 fully saturated rings. The summed E-state index contributed by atoms with van der Waals surface area (Å²) in [6, 6.07) is 11.6. The van der Waals surface area contributed by atoms with Gasteiger partial charge in [0.1, 0.15) is 0 Å². The van der Waals surface area contributed by atoms with Gasteiger partial charge in [-0.15, -0.1) is 24.0 Å². The number of methoxy groups -OCH3 is 1. The maximum absolute atomic E-state index is 5.14. The van der Waals surface area contributed by atoms with Crippen LogP contribution in [0.15, 0.2) is 35.3 Å². The van der Waals surface area contributed by atoms with Crippen LogP contribution in [0.1, 0.15) is 31.2 Å². The molecular formula is C21H35IN4O. The van der Waals surface area contributed by atoms with Crippen LogP contribution in [0.5, 0.6) is 0 Å². The number of hydrogen-bond donors (Lipinski definition) is 1. The van der Waals surface area contributed by atoms with E-state index < -0.39 is 0 Å². The molecular weight excluding hydrogens is 451 g/mol. The molecule has 2 heterocycles. The zero-order valence-electron chi connectivity index (χ0n) is 16.8. The number of halogens is 1. The van der Waals surface area contributed by atoms with Gasteiger partial charge >= 0.3 is 0 Å². The van der Waals surface area contributed by atoms with Crippen LogP contribution in [0.3, 0.4) is 0 Å². The molecule has 2 aliphatic rings. The summed E-state index contributed by atoms with van der Waals surface area (Å²) in [5.74, 6) is 1.80. The van der Waals surface area contributed by atoms with Gasteiger partial charge in [0.15, 0.2) is 5.96 Å². The summed E-state index contributed by atoms with van der Waals surface area (Å²) in [7, 11) is 3.65. The van der Waals surface area contributed by atoms with Crippen LogP contribution in [-0.4, -0.2) is 68.7 Å². The topological polar surface area (TPSA) is 40.1 Å². The summed E-state index contributed by atoms with van der Waals surface area (Å²) in [6.07, 6.45) is 4.89. The van der Waals surface area contributed by atoms with Gasteiger partial charge in [0.2, 0.25) is 0 Å². The van der Waals surface area contributed by atoms with E-state index in [1.807, 2.05) is 7.05 Å². The number of likely N-dealkylation sites (tertiary alicyclic amines) is 2. The minimum absolute atomic E-state index is 0. The normalized spacial score (nSPS) is 23.5. The van der Waals surface area contributed by atoms with Gasteiger partial charge in [-0.2, -0.15) is 0 Å². The van der Waals surface area contributed by atoms with E-state index in [1.165, 1.54) is 31.4 Å². The number of benzene rings is 1. The van der Waals surface area contributed by atoms with Crippen LogP contribution in [0.25, 0.3) is 0 Å². The molecule has 2 saturated heterocycles. The highest BCUT2D eigenvalue weighted by Gasteiger charge is 2.36. The lowest BCUT2D eigenvalue weighted by molar-refractivity contribution is 0.0372. The number of hydrogen-bond acceptors (Lipinski definition) is 3. The summed E-state index contributed by atoms with van der Waals surface area (Å²) in [5, 5.41) is 3.50. The molecule has 0 aromatic heterocycles. The highest BCUT2D eigenvalue weighted by atomic mass is 127. The first-order valence-electron chi connectivity index (χ1n) is 10.0. The first-order chi connectivity index (χ1) is 12.8. The van der Waals surface area contributed by atoms with Crippen LogP contribution in [0.4, 0.5) is 0 Å². The van der Waals surface area contributed by atoms with Crippen molar-refractivity contribution in [2.45, 2.75) is 38.3 Å². The van der Waals surface area contributed by atoms with Gasteiger partial charge in [0.25, 0.3) is 0 Å². The molecule has 5 nitrogen and oxygen atoms in total. The molecule has 2 unspecified atom stereocenters. The maximum atomic E-state index is 5.14. The van der Waals surface area contributed by atoms with Crippen molar-refractivity contribution in [3.63, 3.8) is 0 Å². The molecule has 0 saturated carbocycles. The molecule has 0 radical (unpaired) electrons. The molecule has 2 atom stereocenters. The van der Waals surface area contributed by atoms with E-state index in [2.05, 4.69) is 50.4 Å². The van der Waals surface area contributed by atoms with Gasteiger partial charge in [-0.25, -0.2) is 0 Å². The van der Waals surface area contributed by atoms with Crippen molar-refractivity contribution in [1.82, 2.24) is 15.1 Å². The van der Waals surface area contributed by atoms with E-state index >= 15 is 0 Å². The zero-order valence-corrected chi connectivity index (χ0v) is 19.1. The fourth-order valence-corrected chi connectivity index (χ4v) is 4.46.